The molecule has 1 aromatic heterocycles. The maximum Gasteiger partial charge on any atom is 0.236 e. The lowest BCUT2D eigenvalue weighted by atomic mass is 10.2. The quantitative estimate of drug-likeness (QED) is 0.880. The van der Waals surface area contributed by atoms with Crippen LogP contribution in [0.1, 0.15) is 13.8 Å². The average Bonchev–Trinajstić information content (AvgIpc) is 2.66. The number of nitrogen functional groups attached to an aromatic ring is 1. The van der Waals surface area contributed by atoms with Crippen molar-refractivity contribution in [3.05, 3.63) is 24.3 Å². The molecule has 2 N–H and O–H groups in total. The monoisotopic (exact) mass is 342 g/mol. The van der Waals surface area contributed by atoms with Gasteiger partial charge in [-0.3, -0.25) is 9.69 Å². The summed E-state index contributed by atoms with van der Waals surface area (Å²) in [5.74, 6) is 1.34. The molecule has 1 aliphatic heterocycles. The highest BCUT2D eigenvalue weighted by atomic mass is 16.2. The van der Waals surface area contributed by atoms with Gasteiger partial charge in [0, 0.05) is 31.6 Å². The molecule has 1 amide bonds. The van der Waals surface area contributed by atoms with Gasteiger partial charge in [0.2, 0.25) is 11.9 Å². The van der Waals surface area contributed by atoms with Crippen molar-refractivity contribution in [2.24, 2.45) is 0 Å². The van der Waals surface area contributed by atoms with E-state index in [0.717, 1.165) is 37.1 Å². The fourth-order valence-electron chi connectivity index (χ4n) is 3.12. The van der Waals surface area contributed by atoms with E-state index < -0.39 is 0 Å². The molecule has 25 heavy (non-hydrogen) atoms. The number of aromatic nitrogens is 2. The first kappa shape index (κ1) is 17.4. The predicted octanol–water partition coefficient (Wildman–Crippen LogP) is 1.20. The minimum atomic E-state index is 0.197. The Morgan fingerprint density at radius 1 is 1.12 bits per heavy atom. The number of likely N-dealkylation sites (N-methyl/N-ethyl adjacent to an activating group) is 1. The van der Waals surface area contributed by atoms with Gasteiger partial charge in [-0.05, 0) is 25.2 Å². The molecule has 134 valence electrons. The van der Waals surface area contributed by atoms with Gasteiger partial charge in [0.25, 0.3) is 0 Å². The normalized spacial score (nSPS) is 15.2. The predicted molar refractivity (Wildman–Crippen MR) is 101 cm³/mol. The van der Waals surface area contributed by atoms with Crippen LogP contribution in [0.5, 0.6) is 0 Å². The molecule has 1 saturated heterocycles. The van der Waals surface area contributed by atoms with Crippen LogP contribution in [0.3, 0.4) is 0 Å². The first-order valence-electron chi connectivity index (χ1n) is 8.89. The lowest BCUT2D eigenvalue weighted by Crippen LogP contribution is -2.51. The second-order valence-corrected chi connectivity index (χ2v) is 6.26. The van der Waals surface area contributed by atoms with Crippen molar-refractivity contribution >= 4 is 28.6 Å². The van der Waals surface area contributed by atoms with Crippen molar-refractivity contribution < 1.29 is 4.79 Å². The average molecular weight is 342 g/mol. The third kappa shape index (κ3) is 3.82. The number of carbonyl (C=O) groups excluding carboxylic acids is 1. The number of nitrogens with two attached hydrogens (primary N) is 1. The third-order valence-electron chi connectivity index (χ3n) is 4.79. The summed E-state index contributed by atoms with van der Waals surface area (Å²) in [6.07, 6.45) is 0. The van der Waals surface area contributed by atoms with Gasteiger partial charge in [0.15, 0.2) is 0 Å². The van der Waals surface area contributed by atoms with Crippen LogP contribution in [0.25, 0.3) is 10.9 Å². The van der Waals surface area contributed by atoms with Crippen LogP contribution in [0.15, 0.2) is 24.3 Å². The number of amides is 1. The molecule has 7 nitrogen and oxygen atoms in total. The second kappa shape index (κ2) is 7.65. The van der Waals surface area contributed by atoms with E-state index in [1.54, 1.807) is 0 Å². The summed E-state index contributed by atoms with van der Waals surface area (Å²) in [5.41, 5.74) is 6.93. The Balaban J connectivity index is 1.65. The number of carbonyl (C=O) groups is 1. The summed E-state index contributed by atoms with van der Waals surface area (Å²) in [6.45, 7) is 9.27. The summed E-state index contributed by atoms with van der Waals surface area (Å²) in [7, 11) is 0. The molecule has 0 spiro atoms. The zero-order valence-electron chi connectivity index (χ0n) is 15.0. The van der Waals surface area contributed by atoms with Crippen molar-refractivity contribution in [2.75, 3.05) is 56.4 Å². The zero-order chi connectivity index (χ0) is 17.8. The van der Waals surface area contributed by atoms with E-state index in [2.05, 4.69) is 33.6 Å². The van der Waals surface area contributed by atoms with Gasteiger partial charge < -0.3 is 15.5 Å². The Hall–Kier alpha value is -2.41. The smallest absolute Gasteiger partial charge is 0.236 e. The molecular formula is C18H26N6O. The lowest BCUT2D eigenvalue weighted by Gasteiger charge is -2.35. The van der Waals surface area contributed by atoms with Gasteiger partial charge in [-0.15, -0.1) is 0 Å². The number of rotatable bonds is 5. The van der Waals surface area contributed by atoms with Crippen LogP contribution in [0, 0.1) is 0 Å². The molecule has 0 saturated carbocycles. The largest absolute Gasteiger partial charge is 0.383 e. The topological polar surface area (TPSA) is 78.6 Å². The summed E-state index contributed by atoms with van der Waals surface area (Å²) in [4.78, 5) is 27.7. The fourth-order valence-corrected chi connectivity index (χ4v) is 3.12. The van der Waals surface area contributed by atoms with Gasteiger partial charge >= 0.3 is 0 Å². The molecule has 0 unspecified atom stereocenters. The third-order valence-corrected chi connectivity index (χ3v) is 4.79. The highest BCUT2D eigenvalue weighted by molar-refractivity contribution is 5.88. The molecule has 1 aliphatic rings. The first-order valence-corrected chi connectivity index (χ1v) is 8.89. The number of fused-ring (bicyclic) bond motifs is 1. The molecule has 1 aromatic carbocycles. The van der Waals surface area contributed by atoms with Gasteiger partial charge in [-0.2, -0.15) is 4.98 Å². The fraction of sp³-hybridized carbons (Fsp3) is 0.500. The number of anilines is 2. The zero-order valence-corrected chi connectivity index (χ0v) is 15.0. The van der Waals surface area contributed by atoms with Crippen molar-refractivity contribution in [3.8, 4) is 0 Å². The highest BCUT2D eigenvalue weighted by Gasteiger charge is 2.23. The Labute approximate surface area is 148 Å². The van der Waals surface area contributed by atoms with Crippen molar-refractivity contribution in [1.82, 2.24) is 19.8 Å². The summed E-state index contributed by atoms with van der Waals surface area (Å²) < 4.78 is 0. The Bertz CT molecular complexity index is 737. The number of benzene rings is 1. The van der Waals surface area contributed by atoms with Gasteiger partial charge in [-0.25, -0.2) is 4.98 Å². The molecule has 0 bridgehead atoms. The van der Waals surface area contributed by atoms with E-state index in [0.29, 0.717) is 31.4 Å². The summed E-state index contributed by atoms with van der Waals surface area (Å²) in [6, 6.07) is 7.75. The standard InChI is InChI=1S/C18H26N6O/c1-3-22(4-2)13-16(25)23-9-11-24(12-10-23)18-20-15-8-6-5-7-14(15)17(19)21-18/h5-8H,3-4,9-13H2,1-2H3,(H2,19,20,21). The van der Waals surface area contributed by atoms with E-state index in [-0.39, 0.29) is 5.91 Å². The molecular weight excluding hydrogens is 316 g/mol. The van der Waals surface area contributed by atoms with Crippen LogP contribution in [0.4, 0.5) is 11.8 Å². The van der Waals surface area contributed by atoms with Crippen LogP contribution in [0.2, 0.25) is 0 Å². The molecule has 0 atom stereocenters. The second-order valence-electron chi connectivity index (χ2n) is 6.26. The van der Waals surface area contributed by atoms with Crippen LogP contribution in [-0.4, -0.2) is 71.5 Å². The molecule has 0 radical (unpaired) electrons. The minimum absolute atomic E-state index is 0.197. The maximum absolute atomic E-state index is 12.4. The number of nitrogens with zero attached hydrogens (tertiary/aromatic N) is 5. The molecule has 0 aliphatic carbocycles. The van der Waals surface area contributed by atoms with Gasteiger partial charge in [0.1, 0.15) is 5.82 Å². The van der Waals surface area contributed by atoms with Crippen molar-refractivity contribution in [1.29, 1.82) is 0 Å². The first-order chi connectivity index (χ1) is 12.1. The van der Waals surface area contributed by atoms with E-state index in [9.17, 15) is 4.79 Å². The molecule has 1 fully saturated rings. The Kier molecular flexibility index (Phi) is 5.33. The number of para-hydroxylation sites is 1. The van der Waals surface area contributed by atoms with Crippen LogP contribution >= 0.6 is 0 Å². The number of hydrogen-bond acceptors (Lipinski definition) is 6. The molecule has 2 heterocycles. The number of piperazine rings is 1. The SMILES string of the molecule is CCN(CC)CC(=O)N1CCN(c2nc(N)c3ccccc3n2)CC1. The Morgan fingerprint density at radius 2 is 1.80 bits per heavy atom. The molecule has 3 rings (SSSR count). The highest BCUT2D eigenvalue weighted by Crippen LogP contribution is 2.21. The molecule has 7 heteroatoms. The number of hydrogen-bond donors (Lipinski definition) is 1. The Morgan fingerprint density at radius 3 is 2.48 bits per heavy atom. The van der Waals surface area contributed by atoms with Crippen LogP contribution < -0.4 is 10.6 Å². The van der Waals surface area contributed by atoms with Crippen LogP contribution in [-0.2, 0) is 4.79 Å². The van der Waals surface area contributed by atoms with Gasteiger partial charge in [0.05, 0.1) is 12.1 Å². The van der Waals surface area contributed by atoms with Crippen molar-refractivity contribution in [2.45, 2.75) is 13.8 Å². The van der Waals surface area contributed by atoms with E-state index in [4.69, 9.17) is 5.73 Å². The lowest BCUT2D eigenvalue weighted by molar-refractivity contribution is -0.132. The summed E-state index contributed by atoms with van der Waals surface area (Å²) >= 11 is 0. The van der Waals surface area contributed by atoms with E-state index >= 15 is 0 Å². The van der Waals surface area contributed by atoms with Crippen molar-refractivity contribution in [3.63, 3.8) is 0 Å². The van der Waals surface area contributed by atoms with Gasteiger partial charge in [-0.1, -0.05) is 26.0 Å². The van der Waals surface area contributed by atoms with E-state index in [1.165, 1.54) is 0 Å². The minimum Gasteiger partial charge on any atom is -0.383 e. The summed E-state index contributed by atoms with van der Waals surface area (Å²) in [5, 5.41) is 0.874. The van der Waals surface area contributed by atoms with E-state index in [1.807, 2.05) is 29.2 Å². The maximum atomic E-state index is 12.4. The molecule has 2 aromatic rings.